The van der Waals surface area contributed by atoms with Crippen LogP contribution in [0.4, 0.5) is 13.2 Å². The quantitative estimate of drug-likeness (QED) is 0.381. The second-order valence-corrected chi connectivity index (χ2v) is 8.20. The Kier molecular flexibility index (Phi) is 7.05. The number of aliphatic carboxylic acids is 1. The molecule has 1 N–H and O–H groups in total. The normalized spacial score (nSPS) is 15.1. The van der Waals surface area contributed by atoms with E-state index in [2.05, 4.69) is 4.98 Å². The summed E-state index contributed by atoms with van der Waals surface area (Å²) in [7, 11) is 0. The molecule has 0 saturated heterocycles. The van der Waals surface area contributed by atoms with E-state index in [4.69, 9.17) is 14.6 Å². The summed E-state index contributed by atoms with van der Waals surface area (Å²) in [4.78, 5) is 14.9. The van der Waals surface area contributed by atoms with Crippen molar-refractivity contribution in [1.82, 2.24) is 4.98 Å². The van der Waals surface area contributed by atoms with E-state index in [1.54, 1.807) is 24.3 Å². The molecule has 178 valence electrons. The maximum Gasteiger partial charge on any atom is 0.417 e. The summed E-state index contributed by atoms with van der Waals surface area (Å²) in [6, 6.07) is 15.2. The summed E-state index contributed by atoms with van der Waals surface area (Å²) in [6.45, 7) is 0.925. The molecule has 3 aromatic rings. The van der Waals surface area contributed by atoms with E-state index in [0.717, 1.165) is 42.0 Å². The molecule has 0 aliphatic heterocycles. The van der Waals surface area contributed by atoms with Gasteiger partial charge in [-0.3, -0.25) is 9.78 Å². The van der Waals surface area contributed by atoms with E-state index in [9.17, 15) is 18.0 Å². The molecule has 1 aromatic heterocycles. The van der Waals surface area contributed by atoms with E-state index >= 15 is 0 Å². The van der Waals surface area contributed by atoms with Crippen LogP contribution in [-0.4, -0.2) is 29.3 Å². The van der Waals surface area contributed by atoms with E-state index in [0.29, 0.717) is 36.6 Å². The molecule has 0 spiro atoms. The fourth-order valence-electron chi connectivity index (χ4n) is 4.09. The highest BCUT2D eigenvalue weighted by atomic mass is 19.4. The van der Waals surface area contributed by atoms with Gasteiger partial charge < -0.3 is 14.6 Å². The molecule has 2 aromatic carbocycles. The standard InChI is InChI=1S/C26H24F3NO4/c27-26(28,29)20-6-11-24(30-16-20)17-4-7-21(8-5-17)33-12-1-13-34-22-9-10-23-18(14-22)2-3-19(23)15-25(31)32/h4-11,14,16,19H,1-3,12-13,15H2,(H,31,32)/t19-/m0/s1. The van der Waals surface area contributed by atoms with Gasteiger partial charge in [0.15, 0.2) is 0 Å². The van der Waals surface area contributed by atoms with Crippen molar-refractivity contribution in [3.8, 4) is 22.8 Å². The Morgan fingerprint density at radius 3 is 2.35 bits per heavy atom. The van der Waals surface area contributed by atoms with Crippen LogP contribution in [0.5, 0.6) is 11.5 Å². The van der Waals surface area contributed by atoms with Crippen molar-refractivity contribution in [3.63, 3.8) is 0 Å². The van der Waals surface area contributed by atoms with Crippen molar-refractivity contribution >= 4 is 5.97 Å². The van der Waals surface area contributed by atoms with Gasteiger partial charge in [0, 0.05) is 18.2 Å². The molecular formula is C26H24F3NO4. The predicted molar refractivity (Wildman–Crippen MR) is 120 cm³/mol. The van der Waals surface area contributed by atoms with Gasteiger partial charge in [-0.1, -0.05) is 6.07 Å². The second kappa shape index (κ2) is 10.2. The number of ether oxygens (including phenoxy) is 2. The number of hydrogen-bond donors (Lipinski definition) is 1. The van der Waals surface area contributed by atoms with Crippen LogP contribution >= 0.6 is 0 Å². The van der Waals surface area contributed by atoms with Crippen LogP contribution < -0.4 is 9.47 Å². The largest absolute Gasteiger partial charge is 0.493 e. The first-order valence-electron chi connectivity index (χ1n) is 11.0. The van der Waals surface area contributed by atoms with Crippen molar-refractivity contribution in [3.05, 3.63) is 77.5 Å². The summed E-state index contributed by atoms with van der Waals surface area (Å²) >= 11 is 0. The number of carboxylic acids is 1. The van der Waals surface area contributed by atoms with Gasteiger partial charge >= 0.3 is 12.1 Å². The molecule has 1 atom stereocenters. The van der Waals surface area contributed by atoms with Crippen LogP contribution in [0.1, 0.15) is 41.9 Å². The number of benzene rings is 2. The van der Waals surface area contributed by atoms with Crippen LogP contribution in [0.3, 0.4) is 0 Å². The number of hydrogen-bond acceptors (Lipinski definition) is 4. The number of halogens is 3. The number of carboxylic acid groups (broad SMARTS) is 1. The lowest BCUT2D eigenvalue weighted by atomic mass is 9.98. The lowest BCUT2D eigenvalue weighted by molar-refractivity contribution is -0.138. The number of rotatable bonds is 9. The number of aryl methyl sites for hydroxylation is 1. The maximum absolute atomic E-state index is 12.7. The molecule has 0 fully saturated rings. The Bertz CT molecular complexity index is 1130. The Labute approximate surface area is 195 Å². The van der Waals surface area contributed by atoms with Crippen molar-refractivity contribution in [1.29, 1.82) is 0 Å². The van der Waals surface area contributed by atoms with Gasteiger partial charge in [-0.25, -0.2) is 0 Å². The van der Waals surface area contributed by atoms with Gasteiger partial charge in [0.05, 0.1) is 30.9 Å². The topological polar surface area (TPSA) is 68.7 Å². The fraction of sp³-hybridized carbons (Fsp3) is 0.308. The van der Waals surface area contributed by atoms with Crippen LogP contribution in [0.25, 0.3) is 11.3 Å². The molecule has 0 saturated carbocycles. The monoisotopic (exact) mass is 471 g/mol. The van der Waals surface area contributed by atoms with Crippen molar-refractivity contribution in [2.24, 2.45) is 0 Å². The Morgan fingerprint density at radius 1 is 1.00 bits per heavy atom. The SMILES string of the molecule is O=C(O)C[C@@H]1CCc2cc(OCCCOc3ccc(-c4ccc(C(F)(F)F)cn4)cc3)ccc21. The highest BCUT2D eigenvalue weighted by Crippen LogP contribution is 2.37. The molecule has 0 bridgehead atoms. The summed E-state index contributed by atoms with van der Waals surface area (Å²) in [5.74, 6) is 0.723. The second-order valence-electron chi connectivity index (χ2n) is 8.20. The molecular weight excluding hydrogens is 447 g/mol. The molecule has 0 radical (unpaired) electrons. The molecule has 4 rings (SSSR count). The molecule has 0 unspecified atom stereocenters. The first-order chi connectivity index (χ1) is 16.3. The molecule has 5 nitrogen and oxygen atoms in total. The number of aromatic nitrogens is 1. The van der Waals surface area contributed by atoms with Gasteiger partial charge in [0.1, 0.15) is 11.5 Å². The third-order valence-corrected chi connectivity index (χ3v) is 5.80. The van der Waals surface area contributed by atoms with Gasteiger partial charge in [0.2, 0.25) is 0 Å². The number of carbonyl (C=O) groups is 1. The average Bonchev–Trinajstić information content (AvgIpc) is 3.20. The molecule has 1 heterocycles. The number of alkyl halides is 3. The fourth-order valence-corrected chi connectivity index (χ4v) is 4.09. The van der Waals surface area contributed by atoms with Crippen LogP contribution in [0.15, 0.2) is 60.8 Å². The lowest BCUT2D eigenvalue weighted by Gasteiger charge is -2.11. The molecule has 0 amide bonds. The van der Waals surface area contributed by atoms with Crippen molar-refractivity contribution in [2.75, 3.05) is 13.2 Å². The highest BCUT2D eigenvalue weighted by Gasteiger charge is 2.30. The zero-order valence-corrected chi connectivity index (χ0v) is 18.3. The summed E-state index contributed by atoms with van der Waals surface area (Å²) in [5, 5.41) is 9.03. The van der Waals surface area contributed by atoms with Gasteiger partial charge in [-0.15, -0.1) is 0 Å². The van der Waals surface area contributed by atoms with Gasteiger partial charge in [0.25, 0.3) is 0 Å². The number of pyridine rings is 1. The van der Waals surface area contributed by atoms with E-state index in [1.165, 1.54) is 6.07 Å². The summed E-state index contributed by atoms with van der Waals surface area (Å²) in [6.07, 6.45) is -1.03. The number of nitrogens with zero attached hydrogens (tertiary/aromatic N) is 1. The average molecular weight is 471 g/mol. The zero-order chi connectivity index (χ0) is 24.1. The number of fused-ring (bicyclic) bond motifs is 1. The Morgan fingerprint density at radius 2 is 1.71 bits per heavy atom. The first kappa shape index (κ1) is 23.6. The van der Waals surface area contributed by atoms with E-state index < -0.39 is 17.7 Å². The third-order valence-electron chi connectivity index (χ3n) is 5.80. The van der Waals surface area contributed by atoms with E-state index in [1.807, 2.05) is 18.2 Å². The minimum Gasteiger partial charge on any atom is -0.493 e. The molecule has 8 heteroatoms. The van der Waals surface area contributed by atoms with Crippen molar-refractivity contribution < 1.29 is 32.5 Å². The summed E-state index contributed by atoms with van der Waals surface area (Å²) < 4.78 is 49.5. The Balaban J connectivity index is 1.22. The van der Waals surface area contributed by atoms with Crippen LogP contribution in [-0.2, 0) is 17.4 Å². The molecule has 1 aliphatic rings. The lowest BCUT2D eigenvalue weighted by Crippen LogP contribution is -2.06. The Hall–Kier alpha value is -3.55. The predicted octanol–water partition coefficient (Wildman–Crippen LogP) is 6.12. The van der Waals surface area contributed by atoms with E-state index in [-0.39, 0.29) is 12.3 Å². The van der Waals surface area contributed by atoms with Crippen LogP contribution in [0, 0.1) is 0 Å². The van der Waals surface area contributed by atoms with Gasteiger partial charge in [-0.2, -0.15) is 13.2 Å². The first-order valence-corrected chi connectivity index (χ1v) is 11.0. The highest BCUT2D eigenvalue weighted by molar-refractivity contribution is 5.68. The minimum atomic E-state index is -4.40. The summed E-state index contributed by atoms with van der Waals surface area (Å²) in [5.41, 5.74) is 2.64. The minimum absolute atomic E-state index is 0.0800. The smallest absolute Gasteiger partial charge is 0.417 e. The third kappa shape index (κ3) is 5.87. The molecule has 1 aliphatic carbocycles. The van der Waals surface area contributed by atoms with Gasteiger partial charge in [-0.05, 0) is 78.4 Å². The molecule has 34 heavy (non-hydrogen) atoms. The zero-order valence-electron chi connectivity index (χ0n) is 18.3. The van der Waals surface area contributed by atoms with Crippen molar-refractivity contribution in [2.45, 2.75) is 37.8 Å². The van der Waals surface area contributed by atoms with Crippen LogP contribution in [0.2, 0.25) is 0 Å². The maximum atomic E-state index is 12.7.